The maximum atomic E-state index is 5.99. The third-order valence-corrected chi connectivity index (χ3v) is 5.01. The number of unbranched alkanes of at least 4 members (excludes halogenated alkanes) is 7. The van der Waals surface area contributed by atoms with E-state index in [4.69, 9.17) is 4.74 Å². The molecule has 0 radical (unpaired) electrons. The molecule has 0 spiro atoms. The van der Waals surface area contributed by atoms with Crippen LogP contribution in [-0.4, -0.2) is 11.0 Å². The highest BCUT2D eigenvalue weighted by atomic mass is 16.5. The van der Waals surface area contributed by atoms with Crippen LogP contribution in [0.15, 0.2) is 48.7 Å². The minimum atomic E-state index is 0.700. The molecule has 0 atom stereocenters. The van der Waals surface area contributed by atoms with Gasteiger partial charge in [-0.25, -0.2) is 0 Å². The van der Waals surface area contributed by atoms with E-state index in [9.17, 15) is 0 Å². The summed E-state index contributed by atoms with van der Waals surface area (Å²) in [5.74, 6) is 0. The Morgan fingerprint density at radius 1 is 0.800 bits per heavy atom. The number of ether oxygens (including phenoxy) is 1. The summed E-state index contributed by atoms with van der Waals surface area (Å²) >= 11 is 0. The molecule has 0 aliphatic carbocycles. The number of rotatable bonds is 11. The third kappa shape index (κ3) is 4.85. The van der Waals surface area contributed by atoms with Gasteiger partial charge in [0.25, 0.3) is 0 Å². The van der Waals surface area contributed by atoms with Crippen molar-refractivity contribution in [1.29, 1.82) is 0 Å². The Balaban J connectivity index is 1.45. The second-order valence-electron chi connectivity index (χ2n) is 7.02. The molecule has 2 nitrogen and oxygen atoms in total. The van der Waals surface area contributed by atoms with Crippen molar-refractivity contribution < 1.29 is 4.74 Å². The van der Waals surface area contributed by atoms with Gasteiger partial charge in [0, 0.05) is 23.9 Å². The molecular weight excluding hydrogens is 306 g/mol. The molecule has 0 amide bonds. The van der Waals surface area contributed by atoms with Crippen LogP contribution in [0.1, 0.15) is 63.9 Å². The van der Waals surface area contributed by atoms with Crippen LogP contribution in [-0.2, 0) is 11.3 Å². The van der Waals surface area contributed by atoms with Crippen LogP contribution in [0.4, 0.5) is 0 Å². The summed E-state index contributed by atoms with van der Waals surface area (Å²) in [6.45, 7) is 3.84. The van der Waals surface area contributed by atoms with Gasteiger partial charge in [-0.2, -0.15) is 0 Å². The summed E-state index contributed by atoms with van der Waals surface area (Å²) < 4.78 is 8.25. The van der Waals surface area contributed by atoms with Crippen molar-refractivity contribution in [3.63, 3.8) is 0 Å². The summed E-state index contributed by atoms with van der Waals surface area (Å²) in [7, 11) is 0. The Bertz CT molecular complexity index is 774. The molecule has 0 bridgehead atoms. The fraction of sp³-hybridized carbons (Fsp3) is 0.478. The Hall–Kier alpha value is -1.80. The van der Waals surface area contributed by atoms with Gasteiger partial charge in [-0.15, -0.1) is 0 Å². The van der Waals surface area contributed by atoms with Crippen LogP contribution in [0, 0.1) is 0 Å². The van der Waals surface area contributed by atoms with Gasteiger partial charge in [0.1, 0.15) is 0 Å². The van der Waals surface area contributed by atoms with Crippen LogP contribution >= 0.6 is 0 Å². The van der Waals surface area contributed by atoms with Gasteiger partial charge < -0.3 is 9.14 Å². The minimum Gasteiger partial charge on any atom is -0.377 e. The van der Waals surface area contributed by atoms with Gasteiger partial charge in [-0.05, 0) is 30.0 Å². The Labute approximate surface area is 151 Å². The average molecular weight is 338 g/mol. The molecule has 0 saturated heterocycles. The predicted octanol–water partition coefficient (Wildman–Crippen LogP) is 6.75. The van der Waals surface area contributed by atoms with Gasteiger partial charge in [-0.3, -0.25) is 0 Å². The first-order chi connectivity index (χ1) is 12.4. The lowest BCUT2D eigenvalue weighted by atomic mass is 10.1. The third-order valence-electron chi connectivity index (χ3n) is 5.01. The molecule has 1 aromatic carbocycles. The van der Waals surface area contributed by atoms with E-state index in [2.05, 4.69) is 60.0 Å². The van der Waals surface area contributed by atoms with Crippen LogP contribution in [0.3, 0.4) is 0 Å². The quantitative estimate of drug-likeness (QED) is 0.353. The number of hydrogen-bond acceptors (Lipinski definition) is 1. The first kappa shape index (κ1) is 18.0. The zero-order valence-electron chi connectivity index (χ0n) is 15.5. The summed E-state index contributed by atoms with van der Waals surface area (Å²) in [6, 6.07) is 15.1. The molecular formula is C23H31NO. The minimum absolute atomic E-state index is 0.700. The molecule has 25 heavy (non-hydrogen) atoms. The van der Waals surface area contributed by atoms with E-state index in [1.165, 1.54) is 73.3 Å². The number of para-hydroxylation sites is 1. The molecule has 0 aliphatic heterocycles. The van der Waals surface area contributed by atoms with Crippen molar-refractivity contribution >= 4 is 16.4 Å². The zero-order chi connectivity index (χ0) is 17.3. The van der Waals surface area contributed by atoms with Gasteiger partial charge >= 0.3 is 0 Å². The Morgan fingerprint density at radius 2 is 1.60 bits per heavy atom. The van der Waals surface area contributed by atoms with Crippen LogP contribution in [0.2, 0.25) is 0 Å². The second kappa shape index (κ2) is 9.62. The monoisotopic (exact) mass is 337 g/mol. The van der Waals surface area contributed by atoms with E-state index >= 15 is 0 Å². The fourth-order valence-corrected chi connectivity index (χ4v) is 3.58. The number of hydrogen-bond donors (Lipinski definition) is 0. The maximum Gasteiger partial charge on any atom is 0.0737 e. The van der Waals surface area contributed by atoms with Crippen LogP contribution in [0.5, 0.6) is 0 Å². The van der Waals surface area contributed by atoms with Crippen molar-refractivity contribution in [1.82, 2.24) is 4.40 Å². The molecule has 2 heterocycles. The molecule has 0 unspecified atom stereocenters. The lowest BCUT2D eigenvalue weighted by Gasteiger charge is -2.10. The zero-order valence-corrected chi connectivity index (χ0v) is 15.5. The van der Waals surface area contributed by atoms with Gasteiger partial charge in [0.05, 0.1) is 12.1 Å². The van der Waals surface area contributed by atoms with Crippen molar-refractivity contribution in [2.24, 2.45) is 0 Å². The molecule has 3 aromatic rings. The van der Waals surface area contributed by atoms with Gasteiger partial charge in [-0.1, -0.05) is 76.1 Å². The normalized spacial score (nSPS) is 11.6. The van der Waals surface area contributed by atoms with E-state index in [-0.39, 0.29) is 0 Å². The maximum absolute atomic E-state index is 5.99. The number of fused-ring (bicyclic) bond motifs is 3. The SMILES string of the molecule is CCCCCCCCCCOCc1cccc2ccc3cccn3c12. The van der Waals surface area contributed by atoms with E-state index in [1.807, 2.05) is 0 Å². The van der Waals surface area contributed by atoms with Crippen LogP contribution < -0.4 is 0 Å². The van der Waals surface area contributed by atoms with Crippen molar-refractivity contribution in [3.8, 4) is 0 Å². The van der Waals surface area contributed by atoms with Crippen molar-refractivity contribution in [2.45, 2.75) is 64.9 Å². The molecule has 0 N–H and O–H groups in total. The number of nitrogens with zero attached hydrogens (tertiary/aromatic N) is 1. The lowest BCUT2D eigenvalue weighted by molar-refractivity contribution is 0.117. The number of pyridine rings is 1. The topological polar surface area (TPSA) is 13.6 Å². The molecule has 2 heteroatoms. The van der Waals surface area contributed by atoms with Gasteiger partial charge in [0.15, 0.2) is 0 Å². The Morgan fingerprint density at radius 3 is 2.44 bits per heavy atom. The summed E-state index contributed by atoms with van der Waals surface area (Å²) in [6.07, 6.45) is 12.9. The first-order valence-electron chi connectivity index (χ1n) is 9.95. The van der Waals surface area contributed by atoms with Crippen LogP contribution in [0.25, 0.3) is 16.4 Å². The smallest absolute Gasteiger partial charge is 0.0737 e. The highest BCUT2D eigenvalue weighted by Gasteiger charge is 2.05. The van der Waals surface area contributed by atoms with E-state index < -0.39 is 0 Å². The molecule has 2 aromatic heterocycles. The first-order valence-corrected chi connectivity index (χ1v) is 9.95. The molecule has 0 aliphatic rings. The van der Waals surface area contributed by atoms with Crippen molar-refractivity contribution in [2.75, 3.05) is 6.61 Å². The Kier molecular flexibility index (Phi) is 6.93. The molecule has 134 valence electrons. The lowest BCUT2D eigenvalue weighted by Crippen LogP contribution is -1.99. The number of benzene rings is 1. The van der Waals surface area contributed by atoms with Crippen molar-refractivity contribution in [3.05, 3.63) is 54.2 Å². The fourth-order valence-electron chi connectivity index (χ4n) is 3.58. The summed E-state index contributed by atoms with van der Waals surface area (Å²) in [4.78, 5) is 0. The predicted molar refractivity (Wildman–Crippen MR) is 107 cm³/mol. The van der Waals surface area contributed by atoms with E-state index in [0.717, 1.165) is 6.61 Å². The second-order valence-corrected chi connectivity index (χ2v) is 7.02. The number of aromatic nitrogens is 1. The summed E-state index contributed by atoms with van der Waals surface area (Å²) in [5.41, 5.74) is 3.79. The largest absolute Gasteiger partial charge is 0.377 e. The standard InChI is InChI=1S/C23H31NO/c1-2-3-4-5-6-7-8-9-18-25-19-21-13-10-12-20-15-16-22-14-11-17-24(22)23(20)21/h10-17H,2-9,18-19H2,1H3. The highest BCUT2D eigenvalue weighted by Crippen LogP contribution is 2.22. The van der Waals surface area contributed by atoms with E-state index in [0.29, 0.717) is 6.61 Å². The van der Waals surface area contributed by atoms with Gasteiger partial charge in [0.2, 0.25) is 0 Å². The molecule has 3 rings (SSSR count). The summed E-state index contributed by atoms with van der Waals surface area (Å²) in [5, 5.41) is 1.27. The van der Waals surface area contributed by atoms with E-state index in [1.54, 1.807) is 0 Å². The molecule has 0 saturated carbocycles. The average Bonchev–Trinajstić information content (AvgIpc) is 3.12. The molecule has 0 fully saturated rings. The highest BCUT2D eigenvalue weighted by molar-refractivity contribution is 5.85.